The number of hydrogen-bond acceptors (Lipinski definition) is 4. The Labute approximate surface area is 132 Å². The van der Waals surface area contributed by atoms with E-state index in [1.807, 2.05) is 0 Å². The van der Waals surface area contributed by atoms with Crippen LogP contribution in [0.15, 0.2) is 48.8 Å². The van der Waals surface area contributed by atoms with Crippen LogP contribution in [0.3, 0.4) is 0 Å². The molecule has 1 unspecified atom stereocenters. The van der Waals surface area contributed by atoms with Crippen molar-refractivity contribution in [1.29, 1.82) is 0 Å². The maximum Gasteiger partial charge on any atom is 0.304 e. The van der Waals surface area contributed by atoms with Crippen molar-refractivity contribution >= 4 is 17.8 Å². The predicted octanol–water partition coefficient (Wildman–Crippen LogP) is 1.82. The van der Waals surface area contributed by atoms with E-state index in [-0.39, 0.29) is 13.0 Å². The molecule has 1 aliphatic heterocycles. The second kappa shape index (κ2) is 6.00. The molecule has 1 aliphatic rings. The Morgan fingerprint density at radius 1 is 1.13 bits per heavy atom. The van der Waals surface area contributed by atoms with Gasteiger partial charge >= 0.3 is 5.97 Å². The summed E-state index contributed by atoms with van der Waals surface area (Å²) in [5, 5.41) is 9.09. The number of carbonyl (C=O) groups is 3. The van der Waals surface area contributed by atoms with Crippen LogP contribution in [-0.4, -0.2) is 32.8 Å². The summed E-state index contributed by atoms with van der Waals surface area (Å²) in [5.74, 6) is -2.79. The van der Waals surface area contributed by atoms with Crippen molar-refractivity contribution in [3.05, 3.63) is 65.5 Å². The molecule has 1 aromatic carbocycles. The number of rotatable bonds is 4. The lowest BCUT2D eigenvalue weighted by molar-refractivity contribution is -0.141. The summed E-state index contributed by atoms with van der Waals surface area (Å²) in [7, 11) is 0. The van der Waals surface area contributed by atoms with Crippen molar-refractivity contribution in [2.45, 2.75) is 18.9 Å². The summed E-state index contributed by atoms with van der Waals surface area (Å²) < 4.78 is 0. The maximum atomic E-state index is 12.7. The lowest BCUT2D eigenvalue weighted by atomic mass is 9.86. The van der Waals surface area contributed by atoms with Gasteiger partial charge in [-0.3, -0.25) is 24.3 Å². The first-order valence-electron chi connectivity index (χ1n) is 7.13. The molecule has 2 heterocycles. The monoisotopic (exact) mass is 310 g/mol. The molecule has 0 saturated carbocycles. The first-order chi connectivity index (χ1) is 11.1. The van der Waals surface area contributed by atoms with Crippen LogP contribution < -0.4 is 0 Å². The molecule has 6 heteroatoms. The minimum absolute atomic E-state index is 0.102. The van der Waals surface area contributed by atoms with Crippen molar-refractivity contribution < 1.29 is 19.5 Å². The number of hydrogen-bond donors (Lipinski definition) is 1. The van der Waals surface area contributed by atoms with E-state index < -0.39 is 23.7 Å². The van der Waals surface area contributed by atoms with E-state index in [1.54, 1.807) is 48.8 Å². The number of amides is 2. The highest BCUT2D eigenvalue weighted by molar-refractivity contribution is 6.12. The first-order valence-corrected chi connectivity index (χ1v) is 7.13. The lowest BCUT2D eigenvalue weighted by Crippen LogP contribution is -2.44. The molecule has 1 aromatic heterocycles. The number of nitrogens with zero attached hydrogens (tertiary/aromatic N) is 2. The summed E-state index contributed by atoms with van der Waals surface area (Å²) in [6.45, 7) is 0.102. The third-order valence-electron chi connectivity index (χ3n) is 3.84. The zero-order valence-corrected chi connectivity index (χ0v) is 12.2. The highest BCUT2D eigenvalue weighted by Crippen LogP contribution is 2.32. The average molecular weight is 310 g/mol. The van der Waals surface area contributed by atoms with Gasteiger partial charge in [-0.2, -0.15) is 0 Å². The molecule has 0 spiro atoms. The zero-order chi connectivity index (χ0) is 16.4. The Morgan fingerprint density at radius 2 is 1.83 bits per heavy atom. The van der Waals surface area contributed by atoms with Gasteiger partial charge in [-0.15, -0.1) is 0 Å². The molecule has 3 rings (SSSR count). The smallest absolute Gasteiger partial charge is 0.304 e. The number of aromatic nitrogens is 1. The number of carboxylic acids is 1. The van der Waals surface area contributed by atoms with Gasteiger partial charge in [0.05, 0.1) is 18.9 Å². The Balaban J connectivity index is 2.00. The molecule has 0 bridgehead atoms. The van der Waals surface area contributed by atoms with Gasteiger partial charge in [0.15, 0.2) is 0 Å². The number of imide groups is 1. The number of carbonyl (C=O) groups excluding carboxylic acids is 2. The van der Waals surface area contributed by atoms with Crippen LogP contribution in [0, 0.1) is 0 Å². The molecule has 0 aliphatic carbocycles. The molecule has 2 aromatic rings. The van der Waals surface area contributed by atoms with Crippen LogP contribution in [0.1, 0.15) is 33.8 Å². The number of aliphatic carboxylic acids is 1. The molecule has 0 fully saturated rings. The predicted molar refractivity (Wildman–Crippen MR) is 80.6 cm³/mol. The van der Waals surface area contributed by atoms with Gasteiger partial charge in [0.25, 0.3) is 5.91 Å². The molecule has 1 atom stereocenters. The molecule has 0 radical (unpaired) electrons. The second-order valence-electron chi connectivity index (χ2n) is 5.32. The summed E-state index contributed by atoms with van der Waals surface area (Å²) >= 11 is 0. The van der Waals surface area contributed by atoms with Crippen LogP contribution in [0.25, 0.3) is 0 Å². The van der Waals surface area contributed by atoms with E-state index in [1.165, 1.54) is 0 Å². The first kappa shape index (κ1) is 14.9. The zero-order valence-electron chi connectivity index (χ0n) is 12.2. The highest BCUT2D eigenvalue weighted by atomic mass is 16.4. The molecule has 0 saturated heterocycles. The Hall–Kier alpha value is -3.02. The quantitative estimate of drug-likeness (QED) is 0.870. The molecular formula is C17H14N2O4. The van der Waals surface area contributed by atoms with Crippen LogP contribution in [-0.2, 0) is 16.1 Å². The number of carboxylic acid groups (broad SMARTS) is 1. The van der Waals surface area contributed by atoms with E-state index in [0.717, 1.165) is 10.5 Å². The van der Waals surface area contributed by atoms with Crippen molar-refractivity contribution in [1.82, 2.24) is 9.88 Å². The molecule has 2 amide bonds. The van der Waals surface area contributed by atoms with E-state index in [4.69, 9.17) is 5.11 Å². The topological polar surface area (TPSA) is 87.6 Å². The maximum absolute atomic E-state index is 12.7. The normalized spacial score (nSPS) is 17.0. The van der Waals surface area contributed by atoms with Crippen LogP contribution in [0.2, 0.25) is 0 Å². The van der Waals surface area contributed by atoms with Gasteiger partial charge in [0.2, 0.25) is 5.91 Å². The van der Waals surface area contributed by atoms with Gasteiger partial charge < -0.3 is 5.11 Å². The molecule has 6 nitrogen and oxygen atoms in total. The summed E-state index contributed by atoms with van der Waals surface area (Å²) in [6.07, 6.45) is 2.82. The van der Waals surface area contributed by atoms with Gasteiger partial charge in [-0.25, -0.2) is 0 Å². The third kappa shape index (κ3) is 2.83. The van der Waals surface area contributed by atoms with E-state index >= 15 is 0 Å². The summed E-state index contributed by atoms with van der Waals surface area (Å²) in [4.78, 5) is 41.4. The molecule has 116 valence electrons. The van der Waals surface area contributed by atoms with Gasteiger partial charge in [0.1, 0.15) is 0 Å². The summed E-state index contributed by atoms with van der Waals surface area (Å²) in [6, 6.07) is 10.1. The largest absolute Gasteiger partial charge is 0.481 e. The van der Waals surface area contributed by atoms with Gasteiger partial charge in [0, 0.05) is 18.0 Å². The lowest BCUT2D eigenvalue weighted by Gasteiger charge is -2.32. The fourth-order valence-corrected chi connectivity index (χ4v) is 2.75. The summed E-state index contributed by atoms with van der Waals surface area (Å²) in [5.41, 5.74) is 1.62. The number of pyridine rings is 1. The fraction of sp³-hybridized carbons (Fsp3) is 0.176. The standard InChI is InChI=1S/C17H14N2O4/c20-15(21)9-14-12-3-1-2-4-13(12)16(22)19(17(14)23)10-11-5-7-18-8-6-11/h1-8,14H,9-10H2,(H,20,21). The van der Waals surface area contributed by atoms with E-state index in [0.29, 0.717) is 11.1 Å². The molecule has 23 heavy (non-hydrogen) atoms. The highest BCUT2D eigenvalue weighted by Gasteiger charge is 2.39. The number of fused-ring (bicyclic) bond motifs is 1. The SMILES string of the molecule is O=C(O)CC1C(=O)N(Cc2ccncc2)C(=O)c2ccccc21. The molecular weight excluding hydrogens is 296 g/mol. The van der Waals surface area contributed by atoms with Crippen molar-refractivity contribution in [3.8, 4) is 0 Å². The van der Waals surface area contributed by atoms with Crippen molar-refractivity contribution in [2.24, 2.45) is 0 Å². The minimum atomic E-state index is -1.07. The van der Waals surface area contributed by atoms with Crippen LogP contribution in [0.4, 0.5) is 0 Å². The Kier molecular flexibility index (Phi) is 3.89. The molecule has 1 N–H and O–H groups in total. The van der Waals surface area contributed by atoms with Crippen LogP contribution >= 0.6 is 0 Å². The second-order valence-corrected chi connectivity index (χ2v) is 5.32. The number of benzene rings is 1. The van der Waals surface area contributed by atoms with Crippen LogP contribution in [0.5, 0.6) is 0 Å². The Morgan fingerprint density at radius 3 is 2.52 bits per heavy atom. The van der Waals surface area contributed by atoms with Gasteiger partial charge in [-0.05, 0) is 29.3 Å². The van der Waals surface area contributed by atoms with E-state index in [9.17, 15) is 14.4 Å². The fourth-order valence-electron chi connectivity index (χ4n) is 2.75. The average Bonchev–Trinajstić information content (AvgIpc) is 2.56. The third-order valence-corrected chi connectivity index (χ3v) is 3.84. The van der Waals surface area contributed by atoms with Gasteiger partial charge in [-0.1, -0.05) is 18.2 Å². The van der Waals surface area contributed by atoms with E-state index in [2.05, 4.69) is 4.98 Å². The minimum Gasteiger partial charge on any atom is -0.481 e. The Bertz CT molecular complexity index is 773. The van der Waals surface area contributed by atoms with Crippen molar-refractivity contribution in [2.75, 3.05) is 0 Å². The van der Waals surface area contributed by atoms with Crippen molar-refractivity contribution in [3.63, 3.8) is 0 Å².